The van der Waals surface area contributed by atoms with Gasteiger partial charge in [-0.25, -0.2) is 8.78 Å². The Morgan fingerprint density at radius 1 is 1.32 bits per heavy atom. The van der Waals surface area contributed by atoms with Crippen LogP contribution < -0.4 is 5.32 Å². The number of benzene rings is 1. The SMILES string of the molecule is CC(CCCC(=O)O)NC(=O)c1c(F)cccc1F. The maximum Gasteiger partial charge on any atom is 0.303 e. The van der Waals surface area contributed by atoms with Gasteiger partial charge in [-0.15, -0.1) is 0 Å². The molecule has 1 rings (SSSR count). The minimum absolute atomic E-state index is 0.00568. The van der Waals surface area contributed by atoms with Crippen molar-refractivity contribution in [3.8, 4) is 0 Å². The van der Waals surface area contributed by atoms with Gasteiger partial charge in [0.25, 0.3) is 5.91 Å². The van der Waals surface area contributed by atoms with Crippen LogP contribution in [0, 0.1) is 11.6 Å². The summed E-state index contributed by atoms with van der Waals surface area (Å²) in [5.41, 5.74) is -0.618. The fourth-order valence-electron chi connectivity index (χ4n) is 1.64. The Bertz CT molecular complexity index is 457. The molecule has 0 saturated heterocycles. The van der Waals surface area contributed by atoms with Gasteiger partial charge in [0.15, 0.2) is 0 Å². The molecule has 0 aliphatic carbocycles. The highest BCUT2D eigenvalue weighted by Crippen LogP contribution is 2.12. The second kappa shape index (κ2) is 6.82. The average Bonchev–Trinajstić information content (AvgIpc) is 2.27. The normalized spacial score (nSPS) is 11.9. The number of hydrogen-bond donors (Lipinski definition) is 2. The van der Waals surface area contributed by atoms with Crippen LogP contribution in [0.1, 0.15) is 36.5 Å². The topological polar surface area (TPSA) is 66.4 Å². The first-order valence-corrected chi connectivity index (χ1v) is 5.88. The molecule has 1 amide bonds. The van der Waals surface area contributed by atoms with Gasteiger partial charge in [-0.3, -0.25) is 9.59 Å². The number of hydrogen-bond acceptors (Lipinski definition) is 2. The molecular formula is C13H15F2NO3. The fourth-order valence-corrected chi connectivity index (χ4v) is 1.64. The Balaban J connectivity index is 2.57. The van der Waals surface area contributed by atoms with Gasteiger partial charge in [-0.05, 0) is 31.9 Å². The van der Waals surface area contributed by atoms with E-state index in [1.54, 1.807) is 6.92 Å². The van der Waals surface area contributed by atoms with Gasteiger partial charge >= 0.3 is 5.97 Å². The number of carboxylic acids is 1. The first kappa shape index (κ1) is 15.1. The summed E-state index contributed by atoms with van der Waals surface area (Å²) in [5.74, 6) is -3.59. The lowest BCUT2D eigenvalue weighted by molar-refractivity contribution is -0.137. The molecule has 0 aliphatic heterocycles. The van der Waals surface area contributed by atoms with Crippen molar-refractivity contribution in [2.24, 2.45) is 0 Å². The van der Waals surface area contributed by atoms with Crippen LogP contribution in [0.2, 0.25) is 0 Å². The Kier molecular flexibility index (Phi) is 5.41. The van der Waals surface area contributed by atoms with Gasteiger partial charge in [0.2, 0.25) is 0 Å². The average molecular weight is 271 g/mol. The standard InChI is InChI=1S/C13H15F2NO3/c1-8(4-2-7-11(17)18)16-13(19)12-9(14)5-3-6-10(12)15/h3,5-6,8H,2,4,7H2,1H3,(H,16,19)(H,17,18). The molecular weight excluding hydrogens is 256 g/mol. The number of amides is 1. The number of carbonyl (C=O) groups excluding carboxylic acids is 1. The highest BCUT2D eigenvalue weighted by atomic mass is 19.1. The van der Waals surface area contributed by atoms with Crippen molar-refractivity contribution in [2.45, 2.75) is 32.2 Å². The van der Waals surface area contributed by atoms with Gasteiger partial charge in [-0.2, -0.15) is 0 Å². The van der Waals surface area contributed by atoms with Crippen LogP contribution in [0.5, 0.6) is 0 Å². The van der Waals surface area contributed by atoms with E-state index in [9.17, 15) is 18.4 Å². The highest BCUT2D eigenvalue weighted by Gasteiger charge is 2.18. The van der Waals surface area contributed by atoms with E-state index in [1.807, 2.05) is 0 Å². The second-order valence-electron chi connectivity index (χ2n) is 4.26. The van der Waals surface area contributed by atoms with Crippen LogP contribution in [-0.2, 0) is 4.79 Å². The molecule has 1 atom stereocenters. The van der Waals surface area contributed by atoms with Crippen LogP contribution in [-0.4, -0.2) is 23.0 Å². The van der Waals surface area contributed by atoms with Crippen molar-refractivity contribution in [3.05, 3.63) is 35.4 Å². The van der Waals surface area contributed by atoms with Crippen molar-refractivity contribution in [1.82, 2.24) is 5.32 Å². The zero-order valence-corrected chi connectivity index (χ0v) is 10.5. The van der Waals surface area contributed by atoms with Crippen LogP contribution in [0.15, 0.2) is 18.2 Å². The third-order valence-electron chi connectivity index (χ3n) is 2.60. The van der Waals surface area contributed by atoms with Crippen LogP contribution in [0.3, 0.4) is 0 Å². The van der Waals surface area contributed by atoms with Crippen LogP contribution in [0.4, 0.5) is 8.78 Å². The lowest BCUT2D eigenvalue weighted by Gasteiger charge is -2.14. The molecule has 1 unspecified atom stereocenters. The molecule has 1 aromatic rings. The van der Waals surface area contributed by atoms with Crippen molar-refractivity contribution >= 4 is 11.9 Å². The Morgan fingerprint density at radius 2 is 1.89 bits per heavy atom. The first-order chi connectivity index (χ1) is 8.91. The summed E-state index contributed by atoms with van der Waals surface area (Å²) in [5, 5.41) is 10.9. The molecule has 1 aromatic carbocycles. The van der Waals surface area contributed by atoms with Gasteiger partial charge < -0.3 is 10.4 Å². The van der Waals surface area contributed by atoms with E-state index < -0.39 is 29.1 Å². The van der Waals surface area contributed by atoms with Crippen molar-refractivity contribution in [1.29, 1.82) is 0 Å². The molecule has 0 fully saturated rings. The predicted octanol–water partition coefficient (Wildman–Crippen LogP) is 2.34. The molecule has 0 radical (unpaired) electrons. The molecule has 19 heavy (non-hydrogen) atoms. The lowest BCUT2D eigenvalue weighted by Crippen LogP contribution is -2.33. The van der Waals surface area contributed by atoms with Crippen LogP contribution >= 0.6 is 0 Å². The second-order valence-corrected chi connectivity index (χ2v) is 4.26. The molecule has 104 valence electrons. The summed E-state index contributed by atoms with van der Waals surface area (Å²) in [7, 11) is 0. The maximum absolute atomic E-state index is 13.3. The minimum Gasteiger partial charge on any atom is -0.481 e. The van der Waals surface area contributed by atoms with Gasteiger partial charge in [0, 0.05) is 12.5 Å². The van der Waals surface area contributed by atoms with Crippen molar-refractivity contribution < 1.29 is 23.5 Å². The minimum atomic E-state index is -0.921. The summed E-state index contributed by atoms with van der Waals surface area (Å²) in [6, 6.07) is 2.84. The molecule has 0 heterocycles. The maximum atomic E-state index is 13.3. The monoisotopic (exact) mass is 271 g/mol. The molecule has 4 nitrogen and oxygen atoms in total. The first-order valence-electron chi connectivity index (χ1n) is 5.88. The van der Waals surface area contributed by atoms with E-state index >= 15 is 0 Å². The Labute approximate surface area is 109 Å². The van der Waals surface area contributed by atoms with E-state index in [1.165, 1.54) is 6.07 Å². The molecule has 0 aromatic heterocycles. The van der Waals surface area contributed by atoms with E-state index in [0.717, 1.165) is 12.1 Å². The number of carbonyl (C=O) groups is 2. The molecule has 0 saturated carbocycles. The van der Waals surface area contributed by atoms with Crippen molar-refractivity contribution in [3.63, 3.8) is 0 Å². The third kappa shape index (κ3) is 4.65. The van der Waals surface area contributed by atoms with Gasteiger partial charge in [0.05, 0.1) is 0 Å². The lowest BCUT2D eigenvalue weighted by atomic mass is 10.1. The number of carboxylic acid groups (broad SMARTS) is 1. The largest absolute Gasteiger partial charge is 0.481 e. The summed E-state index contributed by atoms with van der Waals surface area (Å²) >= 11 is 0. The Morgan fingerprint density at radius 3 is 2.42 bits per heavy atom. The van der Waals surface area contributed by atoms with E-state index in [2.05, 4.69) is 5.32 Å². The third-order valence-corrected chi connectivity index (χ3v) is 2.60. The zero-order valence-electron chi connectivity index (χ0n) is 10.5. The highest BCUT2D eigenvalue weighted by molar-refractivity contribution is 5.94. The Hall–Kier alpha value is -1.98. The smallest absolute Gasteiger partial charge is 0.303 e. The molecule has 6 heteroatoms. The number of rotatable bonds is 6. The van der Waals surface area contributed by atoms with E-state index in [4.69, 9.17) is 5.11 Å². The zero-order chi connectivity index (χ0) is 14.4. The molecule has 0 bridgehead atoms. The quantitative estimate of drug-likeness (QED) is 0.834. The molecule has 0 spiro atoms. The summed E-state index contributed by atoms with van der Waals surface area (Å²) in [6.45, 7) is 1.65. The van der Waals surface area contributed by atoms with Gasteiger partial charge in [0.1, 0.15) is 17.2 Å². The van der Waals surface area contributed by atoms with Crippen molar-refractivity contribution in [2.75, 3.05) is 0 Å². The van der Waals surface area contributed by atoms with E-state index in [0.29, 0.717) is 12.8 Å². The van der Waals surface area contributed by atoms with E-state index in [-0.39, 0.29) is 12.5 Å². The summed E-state index contributed by atoms with van der Waals surface area (Å²) in [4.78, 5) is 22.0. The number of aliphatic carboxylic acids is 1. The fraction of sp³-hybridized carbons (Fsp3) is 0.385. The number of nitrogens with one attached hydrogen (secondary N) is 1. The molecule has 0 aliphatic rings. The summed E-state index contributed by atoms with van der Waals surface area (Å²) < 4.78 is 26.7. The van der Waals surface area contributed by atoms with Crippen LogP contribution in [0.25, 0.3) is 0 Å². The van der Waals surface area contributed by atoms with Gasteiger partial charge in [-0.1, -0.05) is 6.07 Å². The number of halogens is 2. The predicted molar refractivity (Wildman–Crippen MR) is 64.8 cm³/mol. The molecule has 2 N–H and O–H groups in total. The summed E-state index contributed by atoms with van der Waals surface area (Å²) in [6.07, 6.45) is 0.804.